The summed E-state index contributed by atoms with van der Waals surface area (Å²) in [7, 11) is -3.72. The van der Waals surface area contributed by atoms with E-state index in [4.69, 9.17) is 11.6 Å². The van der Waals surface area contributed by atoms with Gasteiger partial charge in [0.2, 0.25) is 0 Å². The van der Waals surface area contributed by atoms with Crippen molar-refractivity contribution in [3.63, 3.8) is 0 Å². The second-order valence-corrected chi connectivity index (χ2v) is 9.96. The lowest BCUT2D eigenvalue weighted by Crippen LogP contribution is -2.38. The highest BCUT2D eigenvalue weighted by Crippen LogP contribution is 2.44. The summed E-state index contributed by atoms with van der Waals surface area (Å²) in [6, 6.07) is 11.3. The number of carbonyl (C=O) groups is 1. The topological polar surface area (TPSA) is 75.3 Å². The van der Waals surface area contributed by atoms with Crippen molar-refractivity contribution in [2.24, 2.45) is 11.8 Å². The van der Waals surface area contributed by atoms with Gasteiger partial charge in [-0.2, -0.15) is 0 Å². The van der Waals surface area contributed by atoms with Crippen LogP contribution in [0.1, 0.15) is 41.6 Å². The molecule has 0 radical (unpaired) electrons. The van der Waals surface area contributed by atoms with Crippen LogP contribution in [0.2, 0.25) is 5.02 Å². The lowest BCUT2D eigenvalue weighted by Gasteiger charge is -2.23. The molecule has 2 aliphatic carbocycles. The average Bonchev–Trinajstić information content (AvgIpc) is 3.26. The molecule has 2 aromatic carbocycles. The van der Waals surface area contributed by atoms with Crippen molar-refractivity contribution in [1.29, 1.82) is 0 Å². The molecule has 0 spiro atoms. The minimum Gasteiger partial charge on any atom is -0.349 e. The van der Waals surface area contributed by atoms with E-state index in [-0.39, 0.29) is 16.8 Å². The zero-order chi connectivity index (χ0) is 19.9. The maximum atomic E-state index is 12.6. The van der Waals surface area contributed by atoms with E-state index >= 15 is 0 Å². The summed E-state index contributed by atoms with van der Waals surface area (Å²) in [4.78, 5) is 12.8. The number of fused-ring (bicyclic) bond motifs is 2. The Bertz CT molecular complexity index is 1000. The van der Waals surface area contributed by atoms with E-state index in [1.165, 1.54) is 43.5 Å². The van der Waals surface area contributed by atoms with Crippen LogP contribution in [0.15, 0.2) is 47.4 Å². The Labute approximate surface area is 170 Å². The molecule has 1 amide bonds. The lowest BCUT2D eigenvalue weighted by molar-refractivity contribution is 0.0923. The number of anilines is 1. The third kappa shape index (κ3) is 3.89. The zero-order valence-electron chi connectivity index (χ0n) is 15.6. The Morgan fingerprint density at radius 2 is 1.82 bits per heavy atom. The van der Waals surface area contributed by atoms with Gasteiger partial charge in [0.25, 0.3) is 15.9 Å². The fourth-order valence-corrected chi connectivity index (χ4v) is 5.67. The standard InChI is InChI=1S/C21H23ClN2O3S/c1-13-10-16(21(25)23-20-12-14-2-3-15(20)11-14)4-9-19(13)24-28(26,27)18-7-5-17(22)6-8-18/h4-10,14-15,20,24H,2-3,11-12H2,1H3,(H,23,25)/t14-,15+,20-/m0/s1. The van der Waals surface area contributed by atoms with Crippen LogP contribution in [0.3, 0.4) is 0 Å². The molecule has 2 bridgehead atoms. The van der Waals surface area contributed by atoms with Crippen molar-refractivity contribution in [2.45, 2.75) is 43.5 Å². The Morgan fingerprint density at radius 3 is 2.43 bits per heavy atom. The number of carbonyl (C=O) groups excluding carboxylic acids is 1. The number of halogens is 1. The number of hydrogen-bond donors (Lipinski definition) is 2. The summed E-state index contributed by atoms with van der Waals surface area (Å²) in [6.07, 6.45) is 4.81. The van der Waals surface area contributed by atoms with Crippen LogP contribution in [-0.4, -0.2) is 20.4 Å². The first-order chi connectivity index (χ1) is 13.3. The van der Waals surface area contributed by atoms with E-state index in [0.29, 0.717) is 27.8 Å². The van der Waals surface area contributed by atoms with E-state index in [1.807, 2.05) is 0 Å². The monoisotopic (exact) mass is 418 g/mol. The van der Waals surface area contributed by atoms with Crippen LogP contribution < -0.4 is 10.0 Å². The van der Waals surface area contributed by atoms with E-state index in [9.17, 15) is 13.2 Å². The molecule has 2 N–H and O–H groups in total. The Balaban J connectivity index is 1.46. The smallest absolute Gasteiger partial charge is 0.261 e. The molecule has 28 heavy (non-hydrogen) atoms. The summed E-state index contributed by atoms with van der Waals surface area (Å²) in [5.41, 5.74) is 1.69. The molecule has 0 saturated heterocycles. The molecule has 2 aromatic rings. The average molecular weight is 419 g/mol. The number of benzene rings is 2. The maximum Gasteiger partial charge on any atom is 0.261 e. The third-order valence-electron chi connectivity index (χ3n) is 5.91. The summed E-state index contributed by atoms with van der Waals surface area (Å²) < 4.78 is 27.7. The molecule has 7 heteroatoms. The van der Waals surface area contributed by atoms with Gasteiger partial charge in [0.05, 0.1) is 10.6 Å². The van der Waals surface area contributed by atoms with E-state index in [0.717, 1.165) is 12.3 Å². The first kappa shape index (κ1) is 19.3. The lowest BCUT2D eigenvalue weighted by atomic mass is 9.95. The van der Waals surface area contributed by atoms with Gasteiger partial charge in [-0.15, -0.1) is 0 Å². The summed E-state index contributed by atoms with van der Waals surface area (Å²) in [5.74, 6) is 1.29. The largest absolute Gasteiger partial charge is 0.349 e. The number of hydrogen-bond acceptors (Lipinski definition) is 3. The molecule has 2 aliphatic rings. The van der Waals surface area contributed by atoms with Crippen molar-refractivity contribution < 1.29 is 13.2 Å². The van der Waals surface area contributed by atoms with Crippen LogP contribution in [0.4, 0.5) is 5.69 Å². The minimum absolute atomic E-state index is 0.0900. The SMILES string of the molecule is Cc1cc(C(=O)N[C@H]2C[C@H]3CC[C@@H]2C3)ccc1NS(=O)(=O)c1ccc(Cl)cc1. The molecule has 0 aromatic heterocycles. The van der Waals surface area contributed by atoms with Gasteiger partial charge in [0.1, 0.15) is 0 Å². The van der Waals surface area contributed by atoms with Gasteiger partial charge < -0.3 is 5.32 Å². The Kier molecular flexibility index (Phi) is 5.10. The second-order valence-electron chi connectivity index (χ2n) is 7.84. The Hall–Kier alpha value is -2.05. The van der Waals surface area contributed by atoms with Crippen molar-refractivity contribution in [2.75, 3.05) is 4.72 Å². The molecule has 2 saturated carbocycles. The molecule has 0 aliphatic heterocycles. The van der Waals surface area contributed by atoms with Crippen LogP contribution in [0.5, 0.6) is 0 Å². The van der Waals surface area contributed by atoms with Crippen molar-refractivity contribution in [1.82, 2.24) is 5.32 Å². The van der Waals surface area contributed by atoms with Crippen LogP contribution >= 0.6 is 11.6 Å². The van der Waals surface area contributed by atoms with Gasteiger partial charge in [-0.05, 0) is 86.1 Å². The van der Waals surface area contributed by atoms with Crippen LogP contribution in [0.25, 0.3) is 0 Å². The van der Waals surface area contributed by atoms with Gasteiger partial charge in [0, 0.05) is 16.6 Å². The van der Waals surface area contributed by atoms with Crippen molar-refractivity contribution in [3.8, 4) is 0 Å². The number of aryl methyl sites for hydroxylation is 1. The van der Waals surface area contributed by atoms with Crippen molar-refractivity contribution >= 4 is 33.2 Å². The molecule has 5 nitrogen and oxygen atoms in total. The van der Waals surface area contributed by atoms with Crippen molar-refractivity contribution in [3.05, 3.63) is 58.6 Å². The van der Waals surface area contributed by atoms with E-state index < -0.39 is 10.0 Å². The van der Waals surface area contributed by atoms with Gasteiger partial charge in [-0.25, -0.2) is 8.42 Å². The molecule has 2 fully saturated rings. The molecule has 0 unspecified atom stereocenters. The van der Waals surface area contributed by atoms with Gasteiger partial charge in [-0.1, -0.05) is 18.0 Å². The quantitative estimate of drug-likeness (QED) is 0.757. The van der Waals surface area contributed by atoms with Crippen LogP contribution in [0, 0.1) is 18.8 Å². The highest BCUT2D eigenvalue weighted by molar-refractivity contribution is 7.92. The summed E-state index contributed by atoms with van der Waals surface area (Å²) in [5, 5.41) is 3.64. The summed E-state index contributed by atoms with van der Waals surface area (Å²) in [6.45, 7) is 1.79. The van der Waals surface area contributed by atoms with E-state index in [2.05, 4.69) is 10.0 Å². The summed E-state index contributed by atoms with van der Waals surface area (Å²) >= 11 is 5.82. The number of amides is 1. The van der Waals surface area contributed by atoms with Crippen LogP contribution in [-0.2, 0) is 10.0 Å². The first-order valence-electron chi connectivity index (χ1n) is 9.52. The molecule has 148 valence electrons. The van der Waals surface area contributed by atoms with Gasteiger partial charge in [0.15, 0.2) is 0 Å². The molecule has 4 rings (SSSR count). The minimum atomic E-state index is -3.72. The molecular formula is C21H23ClN2O3S. The number of nitrogens with one attached hydrogen (secondary N) is 2. The fourth-order valence-electron chi connectivity index (χ4n) is 4.41. The third-order valence-corrected chi connectivity index (χ3v) is 7.54. The van der Waals surface area contributed by atoms with Gasteiger partial charge >= 0.3 is 0 Å². The Morgan fingerprint density at radius 1 is 1.07 bits per heavy atom. The normalized spacial score (nSPS) is 23.6. The molecular weight excluding hydrogens is 396 g/mol. The fraction of sp³-hybridized carbons (Fsp3) is 0.381. The first-order valence-corrected chi connectivity index (χ1v) is 11.4. The predicted molar refractivity (Wildman–Crippen MR) is 110 cm³/mol. The predicted octanol–water partition coefficient (Wildman–Crippen LogP) is 4.37. The van der Waals surface area contributed by atoms with E-state index in [1.54, 1.807) is 25.1 Å². The maximum absolute atomic E-state index is 12.6. The second kappa shape index (κ2) is 7.41. The highest BCUT2D eigenvalue weighted by Gasteiger charge is 2.40. The number of sulfonamides is 1. The highest BCUT2D eigenvalue weighted by atomic mass is 35.5. The van der Waals surface area contributed by atoms with Gasteiger partial charge in [-0.3, -0.25) is 9.52 Å². The zero-order valence-corrected chi connectivity index (χ0v) is 17.2. The molecule has 0 heterocycles. The number of rotatable bonds is 5. The molecule has 3 atom stereocenters.